The van der Waals surface area contributed by atoms with Crippen molar-refractivity contribution in [1.82, 2.24) is 5.32 Å². The van der Waals surface area contributed by atoms with Crippen molar-refractivity contribution in [3.8, 4) is 0 Å². The molecule has 1 N–H and O–H groups in total. The van der Waals surface area contributed by atoms with Crippen molar-refractivity contribution in [3.05, 3.63) is 35.4 Å². The molecule has 3 nitrogen and oxygen atoms in total. The number of rotatable bonds is 4. The molecular formula is C18H27NO2. The highest BCUT2D eigenvalue weighted by atomic mass is 16.7. The van der Waals surface area contributed by atoms with Crippen LogP contribution in [0.4, 0.5) is 0 Å². The van der Waals surface area contributed by atoms with Gasteiger partial charge in [0.2, 0.25) is 0 Å². The van der Waals surface area contributed by atoms with E-state index in [2.05, 4.69) is 43.4 Å². The third-order valence-electron chi connectivity index (χ3n) is 4.87. The minimum absolute atomic E-state index is 0.239. The van der Waals surface area contributed by atoms with Gasteiger partial charge in [-0.05, 0) is 44.2 Å². The monoisotopic (exact) mass is 289 g/mol. The fraction of sp³-hybridized carbons (Fsp3) is 0.667. The van der Waals surface area contributed by atoms with Crippen molar-refractivity contribution in [3.63, 3.8) is 0 Å². The standard InChI is InChI=1S/C18H27NO2/c1-14-5-3-4-6-16(14)13-15(2)19-17-7-9-18(10-8-17)20-11-12-21-18/h3-6,15,17,19H,7-13H2,1-2H3. The first-order chi connectivity index (χ1) is 10.2. The van der Waals surface area contributed by atoms with Crippen molar-refractivity contribution in [1.29, 1.82) is 0 Å². The van der Waals surface area contributed by atoms with Crippen LogP contribution in [0.1, 0.15) is 43.7 Å². The van der Waals surface area contributed by atoms with E-state index in [1.54, 1.807) is 0 Å². The topological polar surface area (TPSA) is 30.5 Å². The molecule has 1 atom stereocenters. The molecule has 116 valence electrons. The zero-order valence-electron chi connectivity index (χ0n) is 13.2. The van der Waals surface area contributed by atoms with Gasteiger partial charge in [0, 0.05) is 24.9 Å². The highest BCUT2D eigenvalue weighted by Crippen LogP contribution is 2.35. The summed E-state index contributed by atoms with van der Waals surface area (Å²) in [5.74, 6) is -0.239. The molecular weight excluding hydrogens is 262 g/mol. The van der Waals surface area contributed by atoms with Crippen molar-refractivity contribution in [2.45, 2.75) is 63.8 Å². The molecule has 1 aliphatic heterocycles. The van der Waals surface area contributed by atoms with E-state index in [0.29, 0.717) is 12.1 Å². The minimum atomic E-state index is -0.239. The molecule has 1 saturated heterocycles. The summed E-state index contributed by atoms with van der Waals surface area (Å²) in [6, 6.07) is 9.79. The quantitative estimate of drug-likeness (QED) is 0.923. The number of benzene rings is 1. The number of aryl methyl sites for hydroxylation is 1. The molecule has 0 amide bonds. The molecule has 1 heterocycles. The summed E-state index contributed by atoms with van der Waals surface area (Å²) in [4.78, 5) is 0. The van der Waals surface area contributed by atoms with Gasteiger partial charge >= 0.3 is 0 Å². The lowest BCUT2D eigenvalue weighted by atomic mass is 9.89. The first-order valence-corrected chi connectivity index (χ1v) is 8.25. The van der Waals surface area contributed by atoms with Crippen LogP contribution in [0.2, 0.25) is 0 Å². The van der Waals surface area contributed by atoms with E-state index in [1.807, 2.05) is 0 Å². The summed E-state index contributed by atoms with van der Waals surface area (Å²) >= 11 is 0. The lowest BCUT2D eigenvalue weighted by molar-refractivity contribution is -0.179. The van der Waals surface area contributed by atoms with E-state index in [0.717, 1.165) is 45.3 Å². The van der Waals surface area contributed by atoms with Gasteiger partial charge in [0.1, 0.15) is 0 Å². The molecule has 1 spiro atoms. The molecule has 21 heavy (non-hydrogen) atoms. The predicted molar refractivity (Wildman–Crippen MR) is 84.4 cm³/mol. The Kier molecular flexibility index (Phi) is 4.63. The highest BCUT2D eigenvalue weighted by molar-refractivity contribution is 5.26. The van der Waals surface area contributed by atoms with Gasteiger partial charge in [-0.25, -0.2) is 0 Å². The largest absolute Gasteiger partial charge is 0.348 e. The summed E-state index contributed by atoms with van der Waals surface area (Å²) in [5.41, 5.74) is 2.84. The van der Waals surface area contributed by atoms with E-state index >= 15 is 0 Å². The molecule has 0 bridgehead atoms. The van der Waals surface area contributed by atoms with Crippen molar-refractivity contribution >= 4 is 0 Å². The molecule has 2 aliphatic rings. The van der Waals surface area contributed by atoms with Crippen LogP contribution in [-0.2, 0) is 15.9 Å². The van der Waals surface area contributed by atoms with Crippen molar-refractivity contribution in [2.75, 3.05) is 13.2 Å². The van der Waals surface area contributed by atoms with Crippen LogP contribution >= 0.6 is 0 Å². The maximum absolute atomic E-state index is 5.80. The van der Waals surface area contributed by atoms with Crippen LogP contribution < -0.4 is 5.32 Å². The van der Waals surface area contributed by atoms with Crippen molar-refractivity contribution < 1.29 is 9.47 Å². The van der Waals surface area contributed by atoms with Crippen LogP contribution in [0.15, 0.2) is 24.3 Å². The summed E-state index contributed by atoms with van der Waals surface area (Å²) in [6.07, 6.45) is 5.46. The molecule has 0 aromatic heterocycles. The zero-order valence-corrected chi connectivity index (χ0v) is 13.2. The van der Waals surface area contributed by atoms with Gasteiger partial charge in [0.15, 0.2) is 5.79 Å². The predicted octanol–water partition coefficient (Wildman–Crippen LogP) is 3.20. The molecule has 3 rings (SSSR count). The minimum Gasteiger partial charge on any atom is -0.348 e. The lowest BCUT2D eigenvalue weighted by Gasteiger charge is -2.36. The first-order valence-electron chi connectivity index (χ1n) is 8.25. The molecule has 1 aromatic carbocycles. The summed E-state index contributed by atoms with van der Waals surface area (Å²) < 4.78 is 11.6. The molecule has 2 fully saturated rings. The lowest BCUT2D eigenvalue weighted by Crippen LogP contribution is -2.45. The Balaban J connectivity index is 1.48. The fourth-order valence-corrected chi connectivity index (χ4v) is 3.64. The van der Waals surface area contributed by atoms with Crippen LogP contribution in [0.25, 0.3) is 0 Å². The third kappa shape index (κ3) is 3.65. The maximum atomic E-state index is 5.80. The average Bonchev–Trinajstić information content (AvgIpc) is 2.93. The smallest absolute Gasteiger partial charge is 0.168 e. The van der Waals surface area contributed by atoms with Gasteiger partial charge in [0.05, 0.1) is 13.2 Å². The van der Waals surface area contributed by atoms with E-state index in [-0.39, 0.29) is 5.79 Å². The number of hydrogen-bond acceptors (Lipinski definition) is 3. The van der Waals surface area contributed by atoms with Gasteiger partial charge in [-0.2, -0.15) is 0 Å². The SMILES string of the molecule is Cc1ccccc1CC(C)NC1CCC2(CC1)OCCO2. The summed E-state index contributed by atoms with van der Waals surface area (Å²) in [5, 5.41) is 3.79. The van der Waals surface area contributed by atoms with E-state index in [4.69, 9.17) is 9.47 Å². The molecule has 3 heteroatoms. The summed E-state index contributed by atoms with van der Waals surface area (Å²) in [7, 11) is 0. The molecule has 1 aliphatic carbocycles. The molecule has 1 unspecified atom stereocenters. The second kappa shape index (κ2) is 6.47. The van der Waals surface area contributed by atoms with Crippen LogP contribution in [-0.4, -0.2) is 31.1 Å². The second-order valence-corrected chi connectivity index (χ2v) is 6.58. The Labute approximate surface area is 128 Å². The highest BCUT2D eigenvalue weighted by Gasteiger charge is 2.40. The Bertz CT molecular complexity index is 458. The third-order valence-corrected chi connectivity index (χ3v) is 4.87. The Morgan fingerprint density at radius 3 is 2.52 bits per heavy atom. The molecule has 0 radical (unpaired) electrons. The summed E-state index contributed by atoms with van der Waals surface area (Å²) in [6.45, 7) is 6.02. The number of ether oxygens (including phenoxy) is 2. The van der Waals surface area contributed by atoms with Crippen molar-refractivity contribution in [2.24, 2.45) is 0 Å². The van der Waals surface area contributed by atoms with E-state index in [1.165, 1.54) is 11.1 Å². The van der Waals surface area contributed by atoms with Gasteiger partial charge in [0.25, 0.3) is 0 Å². The van der Waals surface area contributed by atoms with Crippen LogP contribution in [0, 0.1) is 6.92 Å². The van der Waals surface area contributed by atoms with Crippen LogP contribution in [0.3, 0.4) is 0 Å². The van der Waals surface area contributed by atoms with Gasteiger partial charge in [-0.15, -0.1) is 0 Å². The Morgan fingerprint density at radius 2 is 1.86 bits per heavy atom. The average molecular weight is 289 g/mol. The number of nitrogens with one attached hydrogen (secondary N) is 1. The molecule has 1 aromatic rings. The fourth-order valence-electron chi connectivity index (χ4n) is 3.64. The Morgan fingerprint density at radius 1 is 1.19 bits per heavy atom. The molecule has 1 saturated carbocycles. The Hall–Kier alpha value is -0.900. The second-order valence-electron chi connectivity index (χ2n) is 6.58. The normalized spacial score (nSPS) is 23.5. The maximum Gasteiger partial charge on any atom is 0.168 e. The zero-order chi connectivity index (χ0) is 14.7. The van der Waals surface area contributed by atoms with Gasteiger partial charge in [-0.1, -0.05) is 24.3 Å². The number of hydrogen-bond donors (Lipinski definition) is 1. The van der Waals surface area contributed by atoms with Gasteiger partial charge < -0.3 is 14.8 Å². The van der Waals surface area contributed by atoms with Crippen LogP contribution in [0.5, 0.6) is 0 Å². The first kappa shape index (κ1) is 15.0. The van der Waals surface area contributed by atoms with E-state index < -0.39 is 0 Å². The van der Waals surface area contributed by atoms with E-state index in [9.17, 15) is 0 Å². The van der Waals surface area contributed by atoms with Gasteiger partial charge in [-0.3, -0.25) is 0 Å².